The Morgan fingerprint density at radius 3 is 2.62 bits per heavy atom. The van der Waals surface area contributed by atoms with Gasteiger partial charge >= 0.3 is 0 Å². The van der Waals surface area contributed by atoms with Gasteiger partial charge in [0.2, 0.25) is 0 Å². The van der Waals surface area contributed by atoms with Crippen LogP contribution in [-0.2, 0) is 0 Å². The molecule has 4 heteroatoms. The molecule has 0 saturated carbocycles. The summed E-state index contributed by atoms with van der Waals surface area (Å²) >= 11 is 1.65. The minimum Gasteiger partial charge on any atom is -0.322 e. The lowest BCUT2D eigenvalue weighted by atomic mass is 10.1. The first-order valence-electron chi connectivity index (χ1n) is 8.45. The number of benzene rings is 3. The van der Waals surface area contributed by atoms with Crippen molar-refractivity contribution in [1.29, 1.82) is 0 Å². The van der Waals surface area contributed by atoms with Crippen molar-refractivity contribution < 1.29 is 4.79 Å². The molecule has 0 aliphatic carbocycles. The number of carbonyl (C=O) groups excluding carboxylic acids is 1. The number of fused-ring (bicyclic) bond motifs is 1. The molecule has 0 saturated heterocycles. The molecule has 0 atom stereocenters. The van der Waals surface area contributed by atoms with Gasteiger partial charge in [0.1, 0.15) is 5.01 Å². The minimum absolute atomic E-state index is 0.0936. The predicted molar refractivity (Wildman–Crippen MR) is 109 cm³/mol. The van der Waals surface area contributed by atoms with Crippen molar-refractivity contribution in [3.8, 4) is 10.6 Å². The number of carbonyl (C=O) groups is 1. The Labute approximate surface area is 156 Å². The third-order valence-electron chi connectivity index (χ3n) is 4.29. The first-order chi connectivity index (χ1) is 12.6. The van der Waals surface area contributed by atoms with Gasteiger partial charge in [-0.05, 0) is 49.7 Å². The van der Waals surface area contributed by atoms with Gasteiger partial charge in [-0.3, -0.25) is 4.79 Å². The summed E-state index contributed by atoms with van der Waals surface area (Å²) in [6, 6.07) is 21.8. The van der Waals surface area contributed by atoms with Gasteiger partial charge in [-0.25, -0.2) is 4.98 Å². The first-order valence-corrected chi connectivity index (χ1v) is 9.26. The highest BCUT2D eigenvalue weighted by atomic mass is 32.1. The summed E-state index contributed by atoms with van der Waals surface area (Å²) in [7, 11) is 0. The van der Waals surface area contributed by atoms with Crippen LogP contribution in [0.3, 0.4) is 0 Å². The second kappa shape index (κ2) is 6.73. The Kier molecular flexibility index (Phi) is 4.27. The van der Waals surface area contributed by atoms with Gasteiger partial charge < -0.3 is 5.32 Å². The topological polar surface area (TPSA) is 42.0 Å². The van der Waals surface area contributed by atoms with Gasteiger partial charge in [0.15, 0.2) is 0 Å². The van der Waals surface area contributed by atoms with E-state index in [0.717, 1.165) is 37.6 Å². The molecule has 0 bridgehead atoms. The van der Waals surface area contributed by atoms with Crippen LogP contribution in [-0.4, -0.2) is 10.9 Å². The van der Waals surface area contributed by atoms with E-state index in [9.17, 15) is 4.79 Å². The van der Waals surface area contributed by atoms with Crippen LogP contribution in [0, 0.1) is 13.8 Å². The lowest BCUT2D eigenvalue weighted by molar-refractivity contribution is 0.102. The Morgan fingerprint density at radius 1 is 0.962 bits per heavy atom. The number of thiazole rings is 1. The van der Waals surface area contributed by atoms with Crippen LogP contribution in [0.4, 0.5) is 5.69 Å². The molecule has 0 unspecified atom stereocenters. The molecular formula is C22H18N2OS. The zero-order valence-electron chi connectivity index (χ0n) is 14.6. The summed E-state index contributed by atoms with van der Waals surface area (Å²) in [5.74, 6) is -0.0936. The van der Waals surface area contributed by atoms with Crippen molar-refractivity contribution in [2.75, 3.05) is 5.32 Å². The molecule has 3 nitrogen and oxygen atoms in total. The summed E-state index contributed by atoms with van der Waals surface area (Å²) in [5, 5.41) is 3.95. The fraction of sp³-hybridized carbons (Fsp3) is 0.0909. The molecule has 3 aromatic carbocycles. The van der Waals surface area contributed by atoms with E-state index in [-0.39, 0.29) is 5.91 Å². The van der Waals surface area contributed by atoms with Crippen LogP contribution >= 0.6 is 11.3 Å². The van der Waals surface area contributed by atoms with Crippen molar-refractivity contribution >= 4 is 33.1 Å². The van der Waals surface area contributed by atoms with Crippen LogP contribution in [0.15, 0.2) is 66.7 Å². The van der Waals surface area contributed by atoms with Gasteiger partial charge in [0.05, 0.1) is 10.2 Å². The highest BCUT2D eigenvalue weighted by Crippen LogP contribution is 2.31. The average molecular weight is 358 g/mol. The van der Waals surface area contributed by atoms with Crippen molar-refractivity contribution in [2.24, 2.45) is 0 Å². The van der Waals surface area contributed by atoms with Crippen LogP contribution < -0.4 is 5.32 Å². The number of nitrogens with zero attached hydrogens (tertiary/aromatic N) is 1. The van der Waals surface area contributed by atoms with E-state index in [1.54, 1.807) is 11.3 Å². The van der Waals surface area contributed by atoms with E-state index in [2.05, 4.69) is 11.4 Å². The van der Waals surface area contributed by atoms with Gasteiger partial charge in [0, 0.05) is 16.8 Å². The zero-order valence-corrected chi connectivity index (χ0v) is 15.4. The number of hydrogen-bond acceptors (Lipinski definition) is 3. The number of para-hydroxylation sites is 1. The fourth-order valence-corrected chi connectivity index (χ4v) is 3.95. The number of nitrogens with one attached hydrogen (secondary N) is 1. The highest BCUT2D eigenvalue weighted by Gasteiger charge is 2.11. The van der Waals surface area contributed by atoms with Crippen molar-refractivity contribution in [3.63, 3.8) is 0 Å². The standard InChI is InChI=1S/C22H18N2OS/c1-14-10-11-18(15(2)12-14)21(25)23-17-7-5-6-16(13-17)22-24-19-8-3-4-9-20(19)26-22/h3-13H,1-2H3,(H,23,25). The maximum Gasteiger partial charge on any atom is 0.255 e. The van der Waals surface area contributed by atoms with Crippen LogP contribution in [0.25, 0.3) is 20.8 Å². The van der Waals surface area contributed by atoms with Crippen LogP contribution in [0.2, 0.25) is 0 Å². The Bertz CT molecular complexity index is 1080. The molecule has 0 fully saturated rings. The quantitative estimate of drug-likeness (QED) is 0.500. The number of hydrogen-bond donors (Lipinski definition) is 1. The lowest BCUT2D eigenvalue weighted by Gasteiger charge is -2.09. The van der Waals surface area contributed by atoms with Gasteiger partial charge in [-0.1, -0.05) is 42.0 Å². The second-order valence-electron chi connectivity index (χ2n) is 6.34. The largest absolute Gasteiger partial charge is 0.322 e. The van der Waals surface area contributed by atoms with E-state index >= 15 is 0 Å². The summed E-state index contributed by atoms with van der Waals surface area (Å²) in [6.07, 6.45) is 0. The molecule has 1 amide bonds. The molecule has 4 rings (SSSR count). The number of anilines is 1. The highest BCUT2D eigenvalue weighted by molar-refractivity contribution is 7.21. The van der Waals surface area contributed by atoms with E-state index < -0.39 is 0 Å². The Morgan fingerprint density at radius 2 is 1.81 bits per heavy atom. The molecule has 0 aliphatic heterocycles. The second-order valence-corrected chi connectivity index (χ2v) is 7.37. The van der Waals surface area contributed by atoms with Crippen LogP contribution in [0.5, 0.6) is 0 Å². The average Bonchev–Trinajstić information content (AvgIpc) is 3.06. The predicted octanol–water partition coefficient (Wildman–Crippen LogP) is 5.83. The van der Waals surface area contributed by atoms with Crippen molar-refractivity contribution in [2.45, 2.75) is 13.8 Å². The van der Waals surface area contributed by atoms with Gasteiger partial charge in [-0.2, -0.15) is 0 Å². The Hall–Kier alpha value is -2.98. The molecule has 4 aromatic rings. The Balaban J connectivity index is 1.62. The summed E-state index contributed by atoms with van der Waals surface area (Å²) in [6.45, 7) is 3.98. The molecule has 0 aliphatic rings. The maximum atomic E-state index is 12.6. The normalized spacial score (nSPS) is 10.8. The van der Waals surface area contributed by atoms with Crippen molar-refractivity contribution in [3.05, 3.63) is 83.4 Å². The van der Waals surface area contributed by atoms with Gasteiger partial charge in [0.25, 0.3) is 5.91 Å². The minimum atomic E-state index is -0.0936. The molecule has 1 heterocycles. The number of aromatic nitrogens is 1. The molecule has 1 aromatic heterocycles. The molecule has 26 heavy (non-hydrogen) atoms. The molecule has 0 spiro atoms. The molecular weight excluding hydrogens is 340 g/mol. The maximum absolute atomic E-state index is 12.6. The summed E-state index contributed by atoms with van der Waals surface area (Å²) in [5.41, 5.74) is 5.59. The SMILES string of the molecule is Cc1ccc(C(=O)Nc2cccc(-c3nc4ccccc4s3)c2)c(C)c1. The summed E-state index contributed by atoms with van der Waals surface area (Å²) in [4.78, 5) is 17.3. The smallest absolute Gasteiger partial charge is 0.255 e. The van der Waals surface area contributed by atoms with E-state index in [0.29, 0.717) is 5.56 Å². The van der Waals surface area contributed by atoms with Gasteiger partial charge in [-0.15, -0.1) is 11.3 Å². The monoisotopic (exact) mass is 358 g/mol. The lowest BCUT2D eigenvalue weighted by Crippen LogP contribution is -2.13. The van der Waals surface area contributed by atoms with Crippen LogP contribution in [0.1, 0.15) is 21.5 Å². The molecule has 1 N–H and O–H groups in total. The zero-order chi connectivity index (χ0) is 18.1. The number of aryl methyl sites for hydroxylation is 2. The third kappa shape index (κ3) is 3.24. The number of rotatable bonds is 3. The number of amides is 1. The van der Waals surface area contributed by atoms with E-state index in [4.69, 9.17) is 4.98 Å². The van der Waals surface area contributed by atoms with E-state index in [1.165, 1.54) is 0 Å². The molecule has 0 radical (unpaired) electrons. The molecule has 128 valence electrons. The third-order valence-corrected chi connectivity index (χ3v) is 5.37. The van der Waals surface area contributed by atoms with Crippen molar-refractivity contribution in [1.82, 2.24) is 4.98 Å². The fourth-order valence-electron chi connectivity index (χ4n) is 2.99. The van der Waals surface area contributed by atoms with E-state index in [1.807, 2.05) is 74.5 Å². The first kappa shape index (κ1) is 16.5. The summed E-state index contributed by atoms with van der Waals surface area (Å²) < 4.78 is 1.16.